The van der Waals surface area contributed by atoms with Gasteiger partial charge in [0.25, 0.3) is 5.91 Å². The number of halogens is 3. The van der Waals surface area contributed by atoms with Crippen molar-refractivity contribution in [2.24, 2.45) is 0 Å². The smallest absolute Gasteiger partial charge is 0.251 e. The molecule has 0 aromatic heterocycles. The lowest BCUT2D eigenvalue weighted by Gasteiger charge is -2.25. The van der Waals surface area contributed by atoms with Gasteiger partial charge in [0.05, 0.1) is 10.0 Å². The topological polar surface area (TPSA) is 49.3 Å². The van der Waals surface area contributed by atoms with Crippen LogP contribution in [0.5, 0.6) is 5.75 Å². The molecule has 1 amide bonds. The fourth-order valence-corrected chi connectivity index (χ4v) is 1.77. The summed E-state index contributed by atoms with van der Waals surface area (Å²) in [4.78, 5) is 11.9. The molecular formula is C11H12BrCl2NO2. The lowest BCUT2D eigenvalue weighted by atomic mass is 10.1. The Morgan fingerprint density at radius 1 is 1.47 bits per heavy atom. The fraction of sp³-hybridized carbons (Fsp3) is 0.364. The molecule has 1 aromatic carbocycles. The lowest BCUT2D eigenvalue weighted by Crippen LogP contribution is -2.49. The molecule has 0 spiro atoms. The van der Waals surface area contributed by atoms with Crippen LogP contribution in [0.1, 0.15) is 17.3 Å². The van der Waals surface area contributed by atoms with Gasteiger partial charge >= 0.3 is 0 Å². The minimum atomic E-state index is -0.664. The van der Waals surface area contributed by atoms with Gasteiger partial charge in [0, 0.05) is 17.3 Å². The summed E-state index contributed by atoms with van der Waals surface area (Å²) in [6.45, 7) is 1.75. The highest BCUT2D eigenvalue weighted by Crippen LogP contribution is 2.24. The quantitative estimate of drug-likeness (QED) is 0.827. The molecule has 0 bridgehead atoms. The van der Waals surface area contributed by atoms with E-state index in [2.05, 4.69) is 21.2 Å². The van der Waals surface area contributed by atoms with Crippen LogP contribution in [-0.2, 0) is 0 Å². The summed E-state index contributed by atoms with van der Waals surface area (Å²) >= 11 is 14.6. The first-order valence-electron chi connectivity index (χ1n) is 4.85. The Kier molecular flexibility index (Phi) is 5.10. The van der Waals surface area contributed by atoms with E-state index >= 15 is 0 Å². The van der Waals surface area contributed by atoms with Gasteiger partial charge in [0.1, 0.15) is 5.75 Å². The number of hydrogen-bond acceptors (Lipinski definition) is 2. The van der Waals surface area contributed by atoms with Gasteiger partial charge in [-0.2, -0.15) is 0 Å². The van der Waals surface area contributed by atoms with Gasteiger partial charge < -0.3 is 10.4 Å². The van der Waals surface area contributed by atoms with Crippen molar-refractivity contribution in [2.45, 2.75) is 12.5 Å². The number of phenols is 1. The highest BCUT2D eigenvalue weighted by atomic mass is 79.9. The second kappa shape index (κ2) is 5.94. The van der Waals surface area contributed by atoms with Gasteiger partial charge in [-0.3, -0.25) is 4.79 Å². The van der Waals surface area contributed by atoms with Gasteiger partial charge in [-0.25, -0.2) is 0 Å². The van der Waals surface area contributed by atoms with Crippen molar-refractivity contribution < 1.29 is 9.90 Å². The van der Waals surface area contributed by atoms with Crippen LogP contribution in [0.2, 0.25) is 0 Å². The third-order valence-electron chi connectivity index (χ3n) is 2.21. The fourth-order valence-electron chi connectivity index (χ4n) is 1.10. The average molecular weight is 341 g/mol. The van der Waals surface area contributed by atoms with Crippen molar-refractivity contribution >= 4 is 45.0 Å². The van der Waals surface area contributed by atoms with E-state index in [1.165, 1.54) is 6.07 Å². The molecule has 0 aliphatic rings. The number of carbonyl (C=O) groups excluding carboxylic acids is 1. The first kappa shape index (κ1) is 14.6. The Bertz CT molecular complexity index is 422. The largest absolute Gasteiger partial charge is 0.507 e. The second-order valence-electron chi connectivity index (χ2n) is 3.95. The molecular weight excluding hydrogens is 329 g/mol. The molecule has 0 radical (unpaired) electrons. The van der Waals surface area contributed by atoms with E-state index in [0.717, 1.165) is 0 Å². The zero-order valence-electron chi connectivity index (χ0n) is 9.14. The predicted molar refractivity (Wildman–Crippen MR) is 73.1 cm³/mol. The Balaban J connectivity index is 2.86. The highest BCUT2D eigenvalue weighted by molar-refractivity contribution is 9.10. The van der Waals surface area contributed by atoms with Crippen molar-refractivity contribution in [1.29, 1.82) is 0 Å². The molecule has 0 unspecified atom stereocenters. The second-order valence-corrected chi connectivity index (χ2v) is 5.34. The zero-order valence-corrected chi connectivity index (χ0v) is 12.2. The van der Waals surface area contributed by atoms with E-state index in [1.807, 2.05) is 0 Å². The first-order valence-corrected chi connectivity index (χ1v) is 6.71. The molecule has 1 rings (SSSR count). The van der Waals surface area contributed by atoms with Gasteiger partial charge in [-0.15, -0.1) is 23.2 Å². The molecule has 17 heavy (non-hydrogen) atoms. The van der Waals surface area contributed by atoms with E-state index < -0.39 is 5.54 Å². The van der Waals surface area contributed by atoms with Crippen molar-refractivity contribution in [1.82, 2.24) is 5.32 Å². The normalized spacial score (nSPS) is 11.3. The zero-order chi connectivity index (χ0) is 13.1. The van der Waals surface area contributed by atoms with E-state index in [9.17, 15) is 9.90 Å². The molecule has 0 aliphatic heterocycles. The minimum Gasteiger partial charge on any atom is -0.507 e. The summed E-state index contributed by atoms with van der Waals surface area (Å²) in [5.41, 5.74) is -0.310. The number of amides is 1. The van der Waals surface area contributed by atoms with Crippen LogP contribution in [-0.4, -0.2) is 28.3 Å². The highest BCUT2D eigenvalue weighted by Gasteiger charge is 2.25. The Labute approximate surface area is 118 Å². The molecule has 0 fully saturated rings. The van der Waals surface area contributed by atoms with E-state index in [-0.39, 0.29) is 23.4 Å². The molecule has 94 valence electrons. The third kappa shape index (κ3) is 3.76. The number of phenolic OH excluding ortho intramolecular Hbond substituents is 1. The number of hydrogen-bond donors (Lipinski definition) is 2. The Hall–Kier alpha value is -0.450. The van der Waals surface area contributed by atoms with Crippen LogP contribution in [0.25, 0.3) is 0 Å². The van der Waals surface area contributed by atoms with E-state index in [4.69, 9.17) is 23.2 Å². The molecule has 0 aliphatic carbocycles. The predicted octanol–water partition coefficient (Wildman–Crippen LogP) is 3.12. The summed E-state index contributed by atoms with van der Waals surface area (Å²) < 4.78 is 0.534. The van der Waals surface area contributed by atoms with Crippen LogP contribution in [0, 0.1) is 0 Å². The molecule has 0 atom stereocenters. The summed E-state index contributed by atoms with van der Waals surface area (Å²) in [5.74, 6) is 0.114. The van der Waals surface area contributed by atoms with Crippen LogP contribution in [0.15, 0.2) is 22.7 Å². The lowest BCUT2D eigenvalue weighted by molar-refractivity contribution is 0.0921. The van der Waals surface area contributed by atoms with E-state index in [1.54, 1.807) is 19.1 Å². The number of rotatable bonds is 4. The third-order valence-corrected chi connectivity index (χ3v) is 4.06. The molecule has 0 heterocycles. The van der Waals surface area contributed by atoms with Gasteiger partial charge in [0.2, 0.25) is 0 Å². The average Bonchev–Trinajstić information content (AvgIpc) is 2.32. The number of aromatic hydroxyl groups is 1. The van der Waals surface area contributed by atoms with Crippen molar-refractivity contribution in [2.75, 3.05) is 11.8 Å². The summed E-state index contributed by atoms with van der Waals surface area (Å²) in [6.07, 6.45) is 0. The molecule has 1 aromatic rings. The molecule has 2 N–H and O–H groups in total. The van der Waals surface area contributed by atoms with E-state index in [0.29, 0.717) is 10.0 Å². The Morgan fingerprint density at radius 2 is 2.06 bits per heavy atom. The molecule has 6 heteroatoms. The maximum absolute atomic E-state index is 11.9. The maximum Gasteiger partial charge on any atom is 0.251 e. The standard InChI is InChI=1S/C11H12BrCl2NO2/c1-11(5-13,6-14)15-10(17)7-2-3-8(12)9(16)4-7/h2-4,16H,5-6H2,1H3,(H,15,17). The maximum atomic E-state index is 11.9. The SMILES string of the molecule is CC(CCl)(CCl)NC(=O)c1ccc(Br)c(O)c1. The van der Waals surface area contributed by atoms with Gasteiger partial charge in [-0.05, 0) is 41.1 Å². The van der Waals surface area contributed by atoms with Crippen LogP contribution < -0.4 is 5.32 Å². The Morgan fingerprint density at radius 3 is 2.53 bits per heavy atom. The van der Waals surface area contributed by atoms with Crippen molar-refractivity contribution in [3.63, 3.8) is 0 Å². The summed E-state index contributed by atoms with van der Waals surface area (Å²) in [7, 11) is 0. The van der Waals surface area contributed by atoms with Gasteiger partial charge in [-0.1, -0.05) is 0 Å². The minimum absolute atomic E-state index is 0.0103. The van der Waals surface area contributed by atoms with Crippen LogP contribution >= 0.6 is 39.1 Å². The van der Waals surface area contributed by atoms with Crippen LogP contribution in [0.3, 0.4) is 0 Å². The van der Waals surface area contributed by atoms with Gasteiger partial charge in [0.15, 0.2) is 0 Å². The first-order chi connectivity index (χ1) is 7.91. The number of nitrogens with one attached hydrogen (secondary N) is 1. The molecule has 0 saturated heterocycles. The molecule has 0 saturated carbocycles. The van der Waals surface area contributed by atoms with Crippen molar-refractivity contribution in [3.8, 4) is 5.75 Å². The summed E-state index contributed by atoms with van der Waals surface area (Å²) in [5, 5.41) is 12.2. The monoisotopic (exact) mass is 339 g/mol. The van der Waals surface area contributed by atoms with Crippen molar-refractivity contribution in [3.05, 3.63) is 28.2 Å². The molecule has 3 nitrogen and oxygen atoms in total. The van der Waals surface area contributed by atoms with Crippen LogP contribution in [0.4, 0.5) is 0 Å². The number of benzene rings is 1. The summed E-state index contributed by atoms with van der Waals surface area (Å²) in [6, 6.07) is 4.58. The number of carbonyl (C=O) groups is 1. The number of alkyl halides is 2.